The first kappa shape index (κ1) is 20.7. The van der Waals surface area contributed by atoms with E-state index in [4.69, 9.17) is 4.74 Å². The average molecular weight is 398 g/mol. The molecule has 1 saturated heterocycles. The van der Waals surface area contributed by atoms with Crippen molar-refractivity contribution in [3.8, 4) is 5.75 Å². The van der Waals surface area contributed by atoms with Gasteiger partial charge in [-0.15, -0.1) is 31.4 Å². The highest BCUT2D eigenvalue weighted by atomic mass is 79.9. The molecular weight excluding hydrogens is 375 g/mol. The lowest BCUT2D eigenvalue weighted by Crippen LogP contribution is -2.45. The zero-order chi connectivity index (χ0) is 13.7. The van der Waals surface area contributed by atoms with Gasteiger partial charge in [0, 0.05) is 32.2 Å². The molecule has 120 valence electrons. The number of hydrogen-bond donors (Lipinski definition) is 1. The summed E-state index contributed by atoms with van der Waals surface area (Å²) >= 11 is 3.57. The first-order chi connectivity index (χ1) is 9.26. The van der Waals surface area contributed by atoms with Gasteiger partial charge in [0.1, 0.15) is 5.75 Å². The van der Waals surface area contributed by atoms with Crippen molar-refractivity contribution in [2.45, 2.75) is 12.5 Å². The van der Waals surface area contributed by atoms with Crippen LogP contribution in [0, 0.1) is 0 Å². The lowest BCUT2D eigenvalue weighted by molar-refractivity contribution is 0.174. The van der Waals surface area contributed by atoms with Gasteiger partial charge in [0.05, 0.1) is 11.6 Å². The predicted octanol–water partition coefficient (Wildman–Crippen LogP) is 3.82. The molecule has 1 aromatic rings. The fourth-order valence-electron chi connectivity index (χ4n) is 2.54. The summed E-state index contributed by atoms with van der Waals surface area (Å²) in [5.41, 5.74) is 1.31. The second-order valence-electron chi connectivity index (χ2n) is 4.72. The number of halogens is 3. The van der Waals surface area contributed by atoms with Crippen molar-refractivity contribution in [1.29, 1.82) is 0 Å². The van der Waals surface area contributed by atoms with Gasteiger partial charge in [0.2, 0.25) is 0 Å². The van der Waals surface area contributed by atoms with Crippen molar-refractivity contribution in [2.24, 2.45) is 0 Å². The standard InChI is InChI=1S/C15H21BrN2O.2ClH/c1-3-4-14(18-9-7-17-8-10-18)12-5-6-15(19-2)13(16)11-12;;/h3,5-6,11,14,17H,1,4,7-10H2,2H3;2*1H/t14-;;/m0../s1. The molecule has 0 radical (unpaired) electrons. The van der Waals surface area contributed by atoms with Crippen molar-refractivity contribution in [2.75, 3.05) is 33.3 Å². The number of rotatable bonds is 5. The summed E-state index contributed by atoms with van der Waals surface area (Å²) in [6.07, 6.45) is 2.98. The van der Waals surface area contributed by atoms with Gasteiger partial charge in [0.15, 0.2) is 0 Å². The van der Waals surface area contributed by atoms with Gasteiger partial charge in [-0.05, 0) is 40.0 Å². The van der Waals surface area contributed by atoms with Crippen LogP contribution in [-0.4, -0.2) is 38.2 Å². The van der Waals surface area contributed by atoms with Gasteiger partial charge < -0.3 is 10.1 Å². The Morgan fingerprint density at radius 2 is 2.05 bits per heavy atom. The molecule has 1 aliphatic heterocycles. The zero-order valence-electron chi connectivity index (χ0n) is 12.2. The molecule has 0 spiro atoms. The maximum atomic E-state index is 5.29. The van der Waals surface area contributed by atoms with E-state index < -0.39 is 0 Å². The summed E-state index contributed by atoms with van der Waals surface area (Å²) in [4.78, 5) is 2.52. The smallest absolute Gasteiger partial charge is 0.133 e. The summed E-state index contributed by atoms with van der Waals surface area (Å²) in [6, 6.07) is 6.74. The van der Waals surface area contributed by atoms with Gasteiger partial charge in [0.25, 0.3) is 0 Å². The fraction of sp³-hybridized carbons (Fsp3) is 0.467. The van der Waals surface area contributed by atoms with Crippen LogP contribution in [-0.2, 0) is 0 Å². The molecule has 0 aromatic heterocycles. The third kappa shape index (κ3) is 5.46. The average Bonchev–Trinajstić information content (AvgIpc) is 2.45. The molecule has 0 amide bonds. The second-order valence-corrected chi connectivity index (χ2v) is 5.57. The highest BCUT2D eigenvalue weighted by molar-refractivity contribution is 9.10. The van der Waals surface area contributed by atoms with Crippen molar-refractivity contribution in [3.63, 3.8) is 0 Å². The van der Waals surface area contributed by atoms with E-state index in [0.717, 1.165) is 42.8 Å². The van der Waals surface area contributed by atoms with E-state index in [0.29, 0.717) is 6.04 Å². The quantitative estimate of drug-likeness (QED) is 0.764. The number of piperazine rings is 1. The monoisotopic (exact) mass is 396 g/mol. The molecule has 1 aromatic carbocycles. The SMILES string of the molecule is C=CC[C@@H](c1ccc(OC)c(Br)c1)N1CCNCC1.Cl.Cl. The molecule has 0 aliphatic carbocycles. The Morgan fingerprint density at radius 3 is 2.57 bits per heavy atom. The minimum absolute atomic E-state index is 0. The van der Waals surface area contributed by atoms with Crippen molar-refractivity contribution < 1.29 is 4.74 Å². The zero-order valence-corrected chi connectivity index (χ0v) is 15.4. The summed E-state index contributed by atoms with van der Waals surface area (Å²) in [7, 11) is 1.69. The minimum Gasteiger partial charge on any atom is -0.496 e. The van der Waals surface area contributed by atoms with Crippen molar-refractivity contribution in [1.82, 2.24) is 10.2 Å². The Labute approximate surface area is 148 Å². The maximum Gasteiger partial charge on any atom is 0.133 e. The van der Waals surface area contributed by atoms with Crippen LogP contribution >= 0.6 is 40.7 Å². The minimum atomic E-state index is 0. The van der Waals surface area contributed by atoms with E-state index >= 15 is 0 Å². The molecule has 1 fully saturated rings. The molecule has 3 nitrogen and oxygen atoms in total. The summed E-state index contributed by atoms with van der Waals surface area (Å²) < 4.78 is 6.31. The highest BCUT2D eigenvalue weighted by Crippen LogP contribution is 2.32. The summed E-state index contributed by atoms with van der Waals surface area (Å²) in [6.45, 7) is 8.19. The second kappa shape index (κ2) is 10.5. The van der Waals surface area contributed by atoms with Crippen LogP contribution in [0.3, 0.4) is 0 Å². The lowest BCUT2D eigenvalue weighted by Gasteiger charge is -2.35. The van der Waals surface area contributed by atoms with Crippen LogP contribution in [0.2, 0.25) is 0 Å². The van der Waals surface area contributed by atoms with Crippen molar-refractivity contribution >= 4 is 40.7 Å². The summed E-state index contributed by atoms with van der Waals surface area (Å²) in [5.74, 6) is 0.876. The number of nitrogens with zero attached hydrogens (tertiary/aromatic N) is 1. The number of methoxy groups -OCH3 is 1. The van der Waals surface area contributed by atoms with E-state index in [9.17, 15) is 0 Å². The molecule has 0 unspecified atom stereocenters. The van der Waals surface area contributed by atoms with Gasteiger partial charge in [-0.2, -0.15) is 0 Å². The normalized spacial score (nSPS) is 16.3. The van der Waals surface area contributed by atoms with Crippen LogP contribution in [0.15, 0.2) is 35.3 Å². The van der Waals surface area contributed by atoms with Gasteiger partial charge in [-0.25, -0.2) is 0 Å². The number of nitrogens with one attached hydrogen (secondary N) is 1. The molecule has 1 atom stereocenters. The molecular formula is C15H23BrCl2N2O. The molecule has 2 rings (SSSR count). The number of ether oxygens (including phenoxy) is 1. The largest absolute Gasteiger partial charge is 0.496 e. The van der Waals surface area contributed by atoms with Crippen molar-refractivity contribution in [3.05, 3.63) is 40.9 Å². The summed E-state index contributed by atoms with van der Waals surface area (Å²) in [5, 5.41) is 3.40. The molecule has 6 heteroatoms. The third-order valence-corrected chi connectivity index (χ3v) is 4.16. The van der Waals surface area contributed by atoms with E-state index in [-0.39, 0.29) is 24.8 Å². The lowest BCUT2D eigenvalue weighted by atomic mass is 10.0. The molecule has 21 heavy (non-hydrogen) atoms. The van der Waals surface area contributed by atoms with Crippen LogP contribution in [0.5, 0.6) is 5.75 Å². The molecule has 0 saturated carbocycles. The Kier molecular flexibility index (Phi) is 10.3. The number of benzene rings is 1. The van der Waals surface area contributed by atoms with Crippen LogP contribution < -0.4 is 10.1 Å². The Hall–Kier alpha value is -0.260. The first-order valence-corrected chi connectivity index (χ1v) is 7.44. The van der Waals surface area contributed by atoms with Gasteiger partial charge in [-0.1, -0.05) is 12.1 Å². The van der Waals surface area contributed by atoms with Crippen LogP contribution in [0.25, 0.3) is 0 Å². The Morgan fingerprint density at radius 1 is 1.38 bits per heavy atom. The van der Waals surface area contributed by atoms with Crippen LogP contribution in [0.1, 0.15) is 18.0 Å². The number of hydrogen-bond acceptors (Lipinski definition) is 3. The van der Waals surface area contributed by atoms with E-state index in [1.54, 1.807) is 7.11 Å². The predicted molar refractivity (Wildman–Crippen MR) is 97.2 cm³/mol. The molecule has 1 aliphatic rings. The van der Waals surface area contributed by atoms with Crippen LogP contribution in [0.4, 0.5) is 0 Å². The van der Waals surface area contributed by atoms with E-state index in [1.807, 2.05) is 12.1 Å². The van der Waals surface area contributed by atoms with E-state index in [1.165, 1.54) is 5.56 Å². The third-order valence-electron chi connectivity index (χ3n) is 3.54. The maximum absolute atomic E-state index is 5.29. The molecule has 1 N–H and O–H groups in total. The fourth-order valence-corrected chi connectivity index (χ4v) is 3.10. The Bertz CT molecular complexity index is 440. The first-order valence-electron chi connectivity index (χ1n) is 6.65. The molecule has 0 bridgehead atoms. The van der Waals surface area contributed by atoms with Gasteiger partial charge >= 0.3 is 0 Å². The topological polar surface area (TPSA) is 24.5 Å². The Balaban J connectivity index is 0.00000200. The molecule has 1 heterocycles. The highest BCUT2D eigenvalue weighted by Gasteiger charge is 2.21. The van der Waals surface area contributed by atoms with E-state index in [2.05, 4.69) is 44.9 Å². The van der Waals surface area contributed by atoms with Gasteiger partial charge in [-0.3, -0.25) is 4.90 Å².